The Balaban J connectivity index is 1.97. The van der Waals surface area contributed by atoms with Gasteiger partial charge in [-0.2, -0.15) is 0 Å². The molecule has 6 nitrogen and oxygen atoms in total. The standard InChI is InChI=1S/C18H23N3O3/c1-13(2)16(17(22)21(3)12-15-10-7-11-24-15)20-18(23)19-14-8-5-4-6-9-14/h4-11,13,16H,12H2,1-3H3,(H2,19,20,23)/t16-/m0/s1. The van der Waals surface area contributed by atoms with Crippen LogP contribution in [0.25, 0.3) is 0 Å². The minimum Gasteiger partial charge on any atom is -0.467 e. The Morgan fingerprint density at radius 3 is 2.42 bits per heavy atom. The Hall–Kier alpha value is -2.76. The summed E-state index contributed by atoms with van der Waals surface area (Å²) < 4.78 is 5.26. The van der Waals surface area contributed by atoms with Crippen molar-refractivity contribution in [1.82, 2.24) is 10.2 Å². The summed E-state index contributed by atoms with van der Waals surface area (Å²) in [5.41, 5.74) is 0.675. The lowest BCUT2D eigenvalue weighted by molar-refractivity contribution is -0.133. The average molecular weight is 329 g/mol. The van der Waals surface area contributed by atoms with Crippen molar-refractivity contribution in [3.63, 3.8) is 0 Å². The number of anilines is 1. The van der Waals surface area contributed by atoms with E-state index in [9.17, 15) is 9.59 Å². The summed E-state index contributed by atoms with van der Waals surface area (Å²) in [6, 6.07) is 11.7. The molecule has 1 aromatic carbocycles. The molecule has 0 saturated heterocycles. The minimum atomic E-state index is -0.617. The van der Waals surface area contributed by atoms with Gasteiger partial charge in [0.05, 0.1) is 12.8 Å². The number of amides is 3. The molecule has 0 radical (unpaired) electrons. The summed E-state index contributed by atoms with van der Waals surface area (Å²) in [6.45, 7) is 4.15. The summed E-state index contributed by atoms with van der Waals surface area (Å²) in [5, 5.41) is 5.48. The molecule has 2 N–H and O–H groups in total. The Bertz CT molecular complexity index is 653. The van der Waals surface area contributed by atoms with Gasteiger partial charge in [-0.15, -0.1) is 0 Å². The van der Waals surface area contributed by atoms with Gasteiger partial charge in [0, 0.05) is 12.7 Å². The van der Waals surface area contributed by atoms with Crippen LogP contribution in [-0.4, -0.2) is 29.9 Å². The van der Waals surface area contributed by atoms with Crippen LogP contribution in [-0.2, 0) is 11.3 Å². The maximum absolute atomic E-state index is 12.6. The van der Waals surface area contributed by atoms with E-state index < -0.39 is 12.1 Å². The van der Waals surface area contributed by atoms with E-state index >= 15 is 0 Å². The fraction of sp³-hybridized carbons (Fsp3) is 0.333. The molecule has 3 amide bonds. The number of nitrogens with zero attached hydrogens (tertiary/aromatic N) is 1. The van der Waals surface area contributed by atoms with Crippen LogP contribution in [0.15, 0.2) is 53.1 Å². The van der Waals surface area contributed by atoms with Gasteiger partial charge in [-0.25, -0.2) is 4.79 Å². The molecule has 1 heterocycles. The van der Waals surface area contributed by atoms with Crippen LogP contribution in [0, 0.1) is 5.92 Å². The number of furan rings is 1. The number of carbonyl (C=O) groups is 2. The maximum Gasteiger partial charge on any atom is 0.319 e. The predicted molar refractivity (Wildman–Crippen MR) is 92.4 cm³/mol. The van der Waals surface area contributed by atoms with Gasteiger partial charge in [-0.1, -0.05) is 32.0 Å². The molecule has 0 bridgehead atoms. The third-order valence-corrected chi connectivity index (χ3v) is 3.60. The summed E-state index contributed by atoms with van der Waals surface area (Å²) in [4.78, 5) is 26.3. The highest BCUT2D eigenvalue weighted by molar-refractivity contribution is 5.93. The molecule has 0 fully saturated rings. The van der Waals surface area contributed by atoms with E-state index in [1.165, 1.54) is 0 Å². The van der Waals surface area contributed by atoms with Crippen molar-refractivity contribution >= 4 is 17.6 Å². The van der Waals surface area contributed by atoms with Crippen molar-refractivity contribution in [2.75, 3.05) is 12.4 Å². The highest BCUT2D eigenvalue weighted by Crippen LogP contribution is 2.11. The van der Waals surface area contributed by atoms with E-state index in [0.29, 0.717) is 18.0 Å². The summed E-state index contributed by atoms with van der Waals surface area (Å²) in [6.07, 6.45) is 1.57. The number of benzene rings is 1. The Labute approximate surface area is 141 Å². The number of carbonyl (C=O) groups excluding carboxylic acids is 2. The van der Waals surface area contributed by atoms with Crippen LogP contribution < -0.4 is 10.6 Å². The maximum atomic E-state index is 12.6. The molecule has 2 rings (SSSR count). The van der Waals surface area contributed by atoms with Crippen LogP contribution in [0.5, 0.6) is 0 Å². The molecule has 24 heavy (non-hydrogen) atoms. The fourth-order valence-corrected chi connectivity index (χ4v) is 2.30. The van der Waals surface area contributed by atoms with Gasteiger partial charge in [0.15, 0.2) is 0 Å². The van der Waals surface area contributed by atoms with Gasteiger partial charge in [-0.3, -0.25) is 4.79 Å². The number of para-hydroxylation sites is 1. The molecular weight excluding hydrogens is 306 g/mol. The third kappa shape index (κ3) is 4.87. The van der Waals surface area contributed by atoms with E-state index in [2.05, 4.69) is 10.6 Å². The highest BCUT2D eigenvalue weighted by atomic mass is 16.3. The molecule has 1 aromatic heterocycles. The molecule has 1 atom stereocenters. The molecule has 0 aliphatic carbocycles. The second kappa shape index (κ2) is 8.19. The van der Waals surface area contributed by atoms with Crippen LogP contribution >= 0.6 is 0 Å². The zero-order valence-electron chi connectivity index (χ0n) is 14.2. The van der Waals surface area contributed by atoms with Crippen LogP contribution in [0.1, 0.15) is 19.6 Å². The lowest BCUT2D eigenvalue weighted by Crippen LogP contribution is -2.51. The molecule has 0 aliphatic heterocycles. The monoisotopic (exact) mass is 329 g/mol. The zero-order chi connectivity index (χ0) is 17.5. The van der Waals surface area contributed by atoms with E-state index in [1.54, 1.807) is 36.4 Å². The molecule has 0 spiro atoms. The Morgan fingerprint density at radius 1 is 1.12 bits per heavy atom. The van der Waals surface area contributed by atoms with Gasteiger partial charge >= 0.3 is 6.03 Å². The largest absolute Gasteiger partial charge is 0.467 e. The molecule has 0 unspecified atom stereocenters. The molecule has 128 valence electrons. The highest BCUT2D eigenvalue weighted by Gasteiger charge is 2.27. The normalized spacial score (nSPS) is 11.8. The Kier molecular flexibility index (Phi) is 6.01. The first kappa shape index (κ1) is 17.6. The number of hydrogen-bond acceptors (Lipinski definition) is 3. The van der Waals surface area contributed by atoms with E-state index in [4.69, 9.17) is 4.42 Å². The van der Waals surface area contributed by atoms with Crippen molar-refractivity contribution in [3.8, 4) is 0 Å². The second-order valence-corrected chi connectivity index (χ2v) is 5.96. The molecular formula is C18H23N3O3. The lowest BCUT2D eigenvalue weighted by atomic mass is 10.0. The molecule has 6 heteroatoms. The Morgan fingerprint density at radius 2 is 1.83 bits per heavy atom. The van der Waals surface area contributed by atoms with Crippen molar-refractivity contribution in [3.05, 3.63) is 54.5 Å². The summed E-state index contributed by atoms with van der Waals surface area (Å²) in [7, 11) is 1.69. The van der Waals surface area contributed by atoms with Crippen LogP contribution in [0.3, 0.4) is 0 Å². The quantitative estimate of drug-likeness (QED) is 0.855. The topological polar surface area (TPSA) is 74.6 Å². The van der Waals surface area contributed by atoms with E-state index in [0.717, 1.165) is 0 Å². The van der Waals surface area contributed by atoms with Gasteiger partial charge in [0.25, 0.3) is 0 Å². The van der Waals surface area contributed by atoms with Gasteiger partial charge in [0.2, 0.25) is 5.91 Å². The summed E-state index contributed by atoms with van der Waals surface area (Å²) in [5.74, 6) is 0.491. The van der Waals surface area contributed by atoms with E-state index in [1.807, 2.05) is 38.1 Å². The number of rotatable bonds is 6. The predicted octanol–water partition coefficient (Wildman–Crippen LogP) is 3.08. The molecule has 0 saturated carbocycles. The van der Waals surface area contributed by atoms with Crippen molar-refractivity contribution < 1.29 is 14.0 Å². The van der Waals surface area contributed by atoms with E-state index in [-0.39, 0.29) is 11.8 Å². The average Bonchev–Trinajstić information content (AvgIpc) is 3.05. The fourth-order valence-electron chi connectivity index (χ4n) is 2.30. The minimum absolute atomic E-state index is 0.0434. The lowest BCUT2D eigenvalue weighted by Gasteiger charge is -2.26. The van der Waals surface area contributed by atoms with Crippen molar-refractivity contribution in [2.45, 2.75) is 26.4 Å². The van der Waals surface area contributed by atoms with Crippen LogP contribution in [0.4, 0.5) is 10.5 Å². The number of hydrogen-bond donors (Lipinski definition) is 2. The SMILES string of the molecule is CC(C)[C@H](NC(=O)Nc1ccccc1)C(=O)N(C)Cc1ccco1. The first-order valence-corrected chi connectivity index (χ1v) is 7.87. The van der Waals surface area contributed by atoms with Crippen molar-refractivity contribution in [2.24, 2.45) is 5.92 Å². The second-order valence-electron chi connectivity index (χ2n) is 5.96. The van der Waals surface area contributed by atoms with Gasteiger partial charge in [-0.05, 0) is 30.2 Å². The van der Waals surface area contributed by atoms with Crippen molar-refractivity contribution in [1.29, 1.82) is 0 Å². The summed E-state index contributed by atoms with van der Waals surface area (Å²) >= 11 is 0. The number of nitrogens with one attached hydrogen (secondary N) is 2. The van der Waals surface area contributed by atoms with Gasteiger partial charge in [0.1, 0.15) is 11.8 Å². The van der Waals surface area contributed by atoms with Crippen LogP contribution in [0.2, 0.25) is 0 Å². The smallest absolute Gasteiger partial charge is 0.319 e. The first-order chi connectivity index (χ1) is 11.5. The third-order valence-electron chi connectivity index (χ3n) is 3.60. The number of likely N-dealkylation sites (N-methyl/N-ethyl adjacent to an activating group) is 1. The number of urea groups is 1. The zero-order valence-corrected chi connectivity index (χ0v) is 14.2. The molecule has 0 aliphatic rings. The van der Waals surface area contributed by atoms with Gasteiger partial charge < -0.3 is 20.0 Å². The molecule has 2 aromatic rings. The first-order valence-electron chi connectivity index (χ1n) is 7.87.